The van der Waals surface area contributed by atoms with Crippen molar-refractivity contribution in [2.24, 2.45) is 0 Å². The maximum atomic E-state index is 12.8. The van der Waals surface area contributed by atoms with Crippen LogP contribution in [0.15, 0.2) is 41.3 Å². The molecule has 0 atom stereocenters. The number of aryl methyl sites for hydroxylation is 1. The average molecular weight is 380 g/mol. The minimum atomic E-state index is -4.63. The summed E-state index contributed by atoms with van der Waals surface area (Å²) in [7, 11) is -3.98. The molecule has 0 aliphatic carbocycles. The Morgan fingerprint density at radius 3 is 2.42 bits per heavy atom. The Morgan fingerprint density at radius 2 is 1.83 bits per heavy atom. The number of hydrogen-bond donors (Lipinski definition) is 2. The summed E-state index contributed by atoms with van der Waals surface area (Å²) in [4.78, 5) is -0.185. The second-order valence-electron chi connectivity index (χ2n) is 5.08. The van der Waals surface area contributed by atoms with Gasteiger partial charge in [0.2, 0.25) is 10.0 Å². The van der Waals surface area contributed by atoms with Crippen LogP contribution in [0.25, 0.3) is 0 Å². The maximum absolute atomic E-state index is 12.8. The van der Waals surface area contributed by atoms with Crippen molar-refractivity contribution in [3.63, 3.8) is 0 Å². The van der Waals surface area contributed by atoms with Gasteiger partial charge in [0.15, 0.2) is 0 Å². The normalized spacial score (nSPS) is 12.4. The summed E-state index contributed by atoms with van der Waals surface area (Å²) in [6, 6.07) is 6.94. The molecule has 0 heterocycles. The summed E-state index contributed by atoms with van der Waals surface area (Å²) in [5.74, 6) is -0.191. The monoisotopic (exact) mass is 379 g/mol. The van der Waals surface area contributed by atoms with Gasteiger partial charge < -0.3 is 5.11 Å². The van der Waals surface area contributed by atoms with Crippen LogP contribution in [0.1, 0.15) is 16.7 Å². The number of halogens is 4. The molecule has 2 N–H and O–H groups in total. The Balaban J connectivity index is 2.22. The maximum Gasteiger partial charge on any atom is 0.417 e. The summed E-state index contributed by atoms with van der Waals surface area (Å²) in [6.07, 6.45) is -4.63. The van der Waals surface area contributed by atoms with E-state index in [0.717, 1.165) is 18.2 Å². The van der Waals surface area contributed by atoms with Crippen molar-refractivity contribution in [3.8, 4) is 5.75 Å². The lowest BCUT2D eigenvalue weighted by Crippen LogP contribution is -2.23. The van der Waals surface area contributed by atoms with Gasteiger partial charge in [0.1, 0.15) is 5.75 Å². The highest BCUT2D eigenvalue weighted by Gasteiger charge is 2.33. The lowest BCUT2D eigenvalue weighted by Gasteiger charge is -2.12. The number of benzene rings is 2. The standard InChI is InChI=1S/C15H13ClF3NO3S/c1-9-2-4-11(7-14(9)21)24(22,23)20-8-10-3-5-13(16)12(6-10)15(17,18)19/h2-7,20-21H,8H2,1H3. The van der Waals surface area contributed by atoms with Crippen LogP contribution < -0.4 is 4.72 Å². The first-order chi connectivity index (χ1) is 11.0. The molecule has 24 heavy (non-hydrogen) atoms. The number of aromatic hydroxyl groups is 1. The number of phenols is 1. The molecule has 0 amide bonds. The third-order valence-corrected chi connectivity index (χ3v) is 5.02. The second kappa shape index (κ2) is 6.62. The van der Waals surface area contributed by atoms with E-state index in [1.165, 1.54) is 18.2 Å². The van der Waals surface area contributed by atoms with Crippen molar-refractivity contribution in [3.05, 3.63) is 58.1 Å². The molecule has 0 saturated heterocycles. The summed E-state index contributed by atoms with van der Waals surface area (Å²) < 4.78 is 64.9. The zero-order chi connectivity index (χ0) is 18.1. The fraction of sp³-hybridized carbons (Fsp3) is 0.200. The van der Waals surface area contributed by atoms with E-state index in [2.05, 4.69) is 4.72 Å². The number of hydrogen-bond acceptors (Lipinski definition) is 3. The van der Waals surface area contributed by atoms with Gasteiger partial charge in [-0.15, -0.1) is 0 Å². The molecule has 0 radical (unpaired) electrons. The van der Waals surface area contributed by atoms with Gasteiger partial charge in [0, 0.05) is 12.6 Å². The van der Waals surface area contributed by atoms with Crippen LogP contribution in [-0.4, -0.2) is 13.5 Å². The highest BCUT2D eigenvalue weighted by atomic mass is 35.5. The smallest absolute Gasteiger partial charge is 0.417 e. The lowest BCUT2D eigenvalue weighted by atomic mass is 10.1. The molecule has 9 heteroatoms. The van der Waals surface area contributed by atoms with Crippen LogP contribution in [-0.2, 0) is 22.7 Å². The summed E-state index contributed by atoms with van der Waals surface area (Å²) >= 11 is 5.51. The highest BCUT2D eigenvalue weighted by Crippen LogP contribution is 2.35. The van der Waals surface area contributed by atoms with Gasteiger partial charge in [0.05, 0.1) is 15.5 Å². The van der Waals surface area contributed by atoms with E-state index in [0.29, 0.717) is 5.56 Å². The zero-order valence-corrected chi connectivity index (χ0v) is 13.9. The summed E-state index contributed by atoms with van der Waals surface area (Å²) in [5, 5.41) is 9.11. The Labute approximate surface area is 141 Å². The Hall–Kier alpha value is -1.77. The minimum absolute atomic E-state index is 0.103. The van der Waals surface area contributed by atoms with Crippen LogP contribution >= 0.6 is 11.6 Å². The van der Waals surface area contributed by atoms with Gasteiger partial charge in [-0.1, -0.05) is 23.7 Å². The summed E-state index contributed by atoms with van der Waals surface area (Å²) in [5.41, 5.74) is -0.429. The third kappa shape index (κ3) is 4.19. The zero-order valence-electron chi connectivity index (χ0n) is 12.4. The molecule has 2 rings (SSSR count). The number of nitrogens with one attached hydrogen (secondary N) is 1. The van der Waals surface area contributed by atoms with Crippen molar-refractivity contribution < 1.29 is 26.7 Å². The minimum Gasteiger partial charge on any atom is -0.508 e. The Bertz CT molecular complexity index is 867. The molecule has 0 aromatic heterocycles. The quantitative estimate of drug-likeness (QED) is 0.848. The van der Waals surface area contributed by atoms with E-state index in [1.807, 2.05) is 0 Å². The molecule has 2 aromatic carbocycles. The molecule has 0 aliphatic heterocycles. The van der Waals surface area contributed by atoms with Crippen molar-refractivity contribution in [2.45, 2.75) is 24.5 Å². The van der Waals surface area contributed by atoms with Crippen LogP contribution in [0, 0.1) is 6.92 Å². The first kappa shape index (κ1) is 18.6. The van der Waals surface area contributed by atoms with E-state index in [1.54, 1.807) is 6.92 Å². The first-order valence-electron chi connectivity index (χ1n) is 6.65. The van der Waals surface area contributed by atoms with E-state index < -0.39 is 26.8 Å². The SMILES string of the molecule is Cc1ccc(S(=O)(=O)NCc2ccc(Cl)c(C(F)(F)F)c2)cc1O. The number of phenolic OH excluding ortho intramolecular Hbond substituents is 1. The molecular formula is C15H13ClF3NO3S. The van der Waals surface area contributed by atoms with E-state index in [9.17, 15) is 26.7 Å². The van der Waals surface area contributed by atoms with E-state index in [-0.39, 0.29) is 22.8 Å². The van der Waals surface area contributed by atoms with Crippen LogP contribution in [0.4, 0.5) is 13.2 Å². The summed E-state index contributed by atoms with van der Waals surface area (Å²) in [6.45, 7) is 1.25. The topological polar surface area (TPSA) is 66.4 Å². The van der Waals surface area contributed by atoms with Crippen LogP contribution in [0.3, 0.4) is 0 Å². The molecule has 0 saturated carbocycles. The van der Waals surface area contributed by atoms with Crippen molar-refractivity contribution >= 4 is 21.6 Å². The predicted octanol–water partition coefficient (Wildman–Crippen LogP) is 3.85. The lowest BCUT2D eigenvalue weighted by molar-refractivity contribution is -0.137. The van der Waals surface area contributed by atoms with E-state index in [4.69, 9.17) is 11.6 Å². The molecule has 0 spiro atoms. The van der Waals surface area contributed by atoms with Gasteiger partial charge in [-0.3, -0.25) is 0 Å². The highest BCUT2D eigenvalue weighted by molar-refractivity contribution is 7.89. The predicted molar refractivity (Wildman–Crippen MR) is 83.3 cm³/mol. The van der Waals surface area contributed by atoms with Crippen molar-refractivity contribution in [2.75, 3.05) is 0 Å². The molecule has 2 aromatic rings. The largest absolute Gasteiger partial charge is 0.508 e. The first-order valence-corrected chi connectivity index (χ1v) is 8.52. The van der Waals surface area contributed by atoms with Crippen LogP contribution in [0.2, 0.25) is 5.02 Å². The van der Waals surface area contributed by atoms with Gasteiger partial charge >= 0.3 is 6.18 Å². The number of alkyl halides is 3. The second-order valence-corrected chi connectivity index (χ2v) is 7.26. The Kier molecular flexibility index (Phi) is 5.12. The van der Waals surface area contributed by atoms with Gasteiger partial charge in [0.25, 0.3) is 0 Å². The van der Waals surface area contributed by atoms with Crippen molar-refractivity contribution in [1.82, 2.24) is 4.72 Å². The molecule has 0 unspecified atom stereocenters. The molecule has 0 aliphatic rings. The van der Waals surface area contributed by atoms with Gasteiger partial charge in [-0.25, -0.2) is 13.1 Å². The third-order valence-electron chi connectivity index (χ3n) is 3.29. The molecule has 0 bridgehead atoms. The fourth-order valence-corrected chi connectivity index (χ4v) is 3.18. The van der Waals surface area contributed by atoms with E-state index >= 15 is 0 Å². The van der Waals surface area contributed by atoms with Gasteiger partial charge in [-0.2, -0.15) is 13.2 Å². The average Bonchev–Trinajstić information content (AvgIpc) is 2.48. The Morgan fingerprint density at radius 1 is 1.17 bits per heavy atom. The fourth-order valence-electron chi connectivity index (χ4n) is 1.92. The molecule has 4 nitrogen and oxygen atoms in total. The number of rotatable bonds is 4. The number of sulfonamides is 1. The molecule has 130 valence electrons. The molecule has 0 fully saturated rings. The van der Waals surface area contributed by atoms with Crippen LogP contribution in [0.5, 0.6) is 5.75 Å². The van der Waals surface area contributed by atoms with Crippen molar-refractivity contribution in [1.29, 1.82) is 0 Å². The van der Waals surface area contributed by atoms with Gasteiger partial charge in [-0.05, 0) is 36.2 Å². The molecular weight excluding hydrogens is 367 g/mol.